The predicted octanol–water partition coefficient (Wildman–Crippen LogP) is 2.11. The first-order valence-corrected chi connectivity index (χ1v) is 10.8. The van der Waals surface area contributed by atoms with Gasteiger partial charge in [0.25, 0.3) is 5.91 Å². The number of nitrogens with one attached hydrogen (secondary N) is 1. The molecule has 7 nitrogen and oxygen atoms in total. The van der Waals surface area contributed by atoms with E-state index < -0.39 is 15.9 Å². The molecule has 1 fully saturated rings. The Morgan fingerprint density at radius 3 is 2.70 bits per heavy atom. The monoisotopic (exact) mass is 415 g/mol. The number of rotatable bonds is 7. The Labute approximate surface area is 165 Å². The largest absolute Gasteiger partial charge is 0.352 e. The predicted molar refractivity (Wildman–Crippen MR) is 104 cm³/mol. The second-order valence-corrected chi connectivity index (χ2v) is 9.29. The highest BCUT2D eigenvalue weighted by molar-refractivity contribution is 7.89. The van der Waals surface area contributed by atoms with Crippen LogP contribution in [0.1, 0.15) is 42.5 Å². The van der Waals surface area contributed by atoms with E-state index in [1.807, 2.05) is 4.90 Å². The summed E-state index contributed by atoms with van der Waals surface area (Å²) < 4.78 is 25.5. The summed E-state index contributed by atoms with van der Waals surface area (Å²) in [4.78, 5) is 26.2. The van der Waals surface area contributed by atoms with Crippen LogP contribution in [0.5, 0.6) is 0 Å². The molecular formula is C18H26ClN3O4S. The third-order valence-corrected chi connectivity index (χ3v) is 6.66. The lowest BCUT2D eigenvalue weighted by Crippen LogP contribution is -2.34. The number of amides is 2. The van der Waals surface area contributed by atoms with Gasteiger partial charge in [-0.1, -0.05) is 18.0 Å². The van der Waals surface area contributed by atoms with Crippen LogP contribution in [-0.2, 0) is 14.8 Å². The molecule has 1 aliphatic heterocycles. The van der Waals surface area contributed by atoms with Crippen molar-refractivity contribution in [2.24, 2.45) is 0 Å². The zero-order valence-electron chi connectivity index (χ0n) is 15.7. The van der Waals surface area contributed by atoms with Crippen molar-refractivity contribution in [3.63, 3.8) is 0 Å². The van der Waals surface area contributed by atoms with Crippen LogP contribution in [0, 0.1) is 0 Å². The van der Waals surface area contributed by atoms with Crippen molar-refractivity contribution in [2.45, 2.75) is 37.0 Å². The average Bonchev–Trinajstić information content (AvgIpc) is 2.83. The molecule has 27 heavy (non-hydrogen) atoms. The number of hydrogen-bond donors (Lipinski definition) is 1. The molecule has 0 aliphatic carbocycles. The van der Waals surface area contributed by atoms with Gasteiger partial charge < -0.3 is 10.2 Å². The summed E-state index contributed by atoms with van der Waals surface area (Å²) in [5.74, 6) is -0.263. The molecule has 0 radical (unpaired) electrons. The van der Waals surface area contributed by atoms with Gasteiger partial charge in [0.05, 0.1) is 15.5 Å². The standard InChI is InChI=1S/C18H26ClN3O4S/c1-21(2)27(25,26)14-8-9-16(19)15(13-14)18(24)20-10-6-12-22-11-5-3-4-7-17(22)23/h8-9,13H,3-7,10-12H2,1-2H3,(H,20,24). The first kappa shape index (κ1) is 21.7. The first-order chi connectivity index (χ1) is 12.7. The van der Waals surface area contributed by atoms with Crippen molar-refractivity contribution >= 4 is 33.4 Å². The molecule has 9 heteroatoms. The molecule has 1 aromatic rings. The molecule has 0 bridgehead atoms. The lowest BCUT2D eigenvalue weighted by Gasteiger charge is -2.20. The molecule has 2 rings (SSSR count). The van der Waals surface area contributed by atoms with Crippen molar-refractivity contribution in [3.8, 4) is 0 Å². The molecule has 150 valence electrons. The lowest BCUT2D eigenvalue weighted by atomic mass is 10.2. The van der Waals surface area contributed by atoms with Gasteiger partial charge >= 0.3 is 0 Å². The summed E-state index contributed by atoms with van der Waals surface area (Å²) in [6, 6.07) is 4.06. The Hall–Kier alpha value is -1.64. The van der Waals surface area contributed by atoms with Crippen LogP contribution in [0.2, 0.25) is 5.02 Å². The molecule has 0 unspecified atom stereocenters. The molecule has 0 spiro atoms. The fourth-order valence-corrected chi connectivity index (χ4v) is 4.02. The zero-order chi connectivity index (χ0) is 20.0. The summed E-state index contributed by atoms with van der Waals surface area (Å²) in [6.45, 7) is 1.74. The number of carbonyl (C=O) groups excluding carboxylic acids is 2. The van der Waals surface area contributed by atoms with Crippen LogP contribution in [-0.4, -0.2) is 63.2 Å². The Kier molecular flexibility index (Phi) is 7.64. The first-order valence-electron chi connectivity index (χ1n) is 9.01. The Morgan fingerprint density at radius 2 is 2.00 bits per heavy atom. The fourth-order valence-electron chi connectivity index (χ4n) is 2.89. The van der Waals surface area contributed by atoms with Gasteiger partial charge in [-0.3, -0.25) is 9.59 Å². The van der Waals surface area contributed by atoms with Gasteiger partial charge in [-0.15, -0.1) is 0 Å². The maximum absolute atomic E-state index is 12.4. The van der Waals surface area contributed by atoms with E-state index in [1.165, 1.54) is 32.3 Å². The topological polar surface area (TPSA) is 86.8 Å². The molecule has 0 aromatic heterocycles. The van der Waals surface area contributed by atoms with Gasteiger partial charge in [-0.2, -0.15) is 0 Å². The van der Waals surface area contributed by atoms with Gasteiger partial charge in [0.1, 0.15) is 0 Å². The summed E-state index contributed by atoms with van der Waals surface area (Å²) in [6.07, 6.45) is 4.25. The molecule has 1 N–H and O–H groups in total. The SMILES string of the molecule is CN(C)S(=O)(=O)c1ccc(Cl)c(C(=O)NCCCN2CCCCCC2=O)c1. The maximum Gasteiger partial charge on any atom is 0.252 e. The fraction of sp³-hybridized carbons (Fsp3) is 0.556. The van der Waals surface area contributed by atoms with Gasteiger partial charge in [0.15, 0.2) is 0 Å². The van der Waals surface area contributed by atoms with Crippen LogP contribution < -0.4 is 5.32 Å². The third-order valence-electron chi connectivity index (χ3n) is 4.52. The summed E-state index contributed by atoms with van der Waals surface area (Å²) >= 11 is 6.07. The van der Waals surface area contributed by atoms with Crippen molar-refractivity contribution < 1.29 is 18.0 Å². The van der Waals surface area contributed by atoms with E-state index in [2.05, 4.69) is 5.32 Å². The Morgan fingerprint density at radius 1 is 1.26 bits per heavy atom. The van der Waals surface area contributed by atoms with E-state index in [9.17, 15) is 18.0 Å². The summed E-state index contributed by atoms with van der Waals surface area (Å²) in [5.41, 5.74) is 0.116. The molecule has 1 aromatic carbocycles. The van der Waals surface area contributed by atoms with Crippen molar-refractivity contribution in [1.29, 1.82) is 0 Å². The van der Waals surface area contributed by atoms with Crippen LogP contribution in [0.4, 0.5) is 0 Å². The average molecular weight is 416 g/mol. The van der Waals surface area contributed by atoms with E-state index in [1.54, 1.807) is 0 Å². The quantitative estimate of drug-likeness (QED) is 0.691. The summed E-state index contributed by atoms with van der Waals surface area (Å²) in [5, 5.41) is 2.94. The highest BCUT2D eigenvalue weighted by Crippen LogP contribution is 2.22. The second kappa shape index (κ2) is 9.52. The van der Waals surface area contributed by atoms with E-state index >= 15 is 0 Å². The smallest absolute Gasteiger partial charge is 0.252 e. The van der Waals surface area contributed by atoms with Gasteiger partial charge in [-0.25, -0.2) is 12.7 Å². The minimum Gasteiger partial charge on any atom is -0.352 e. The molecule has 2 amide bonds. The normalized spacial score (nSPS) is 15.7. The molecule has 1 heterocycles. The van der Waals surface area contributed by atoms with Crippen molar-refractivity contribution in [3.05, 3.63) is 28.8 Å². The second-order valence-electron chi connectivity index (χ2n) is 6.73. The number of carbonyl (C=O) groups is 2. The Balaban J connectivity index is 1.95. The minimum atomic E-state index is -3.65. The zero-order valence-corrected chi connectivity index (χ0v) is 17.3. The molecule has 0 atom stereocenters. The van der Waals surface area contributed by atoms with E-state index in [-0.39, 0.29) is 21.4 Å². The number of halogens is 1. The van der Waals surface area contributed by atoms with Crippen molar-refractivity contribution in [1.82, 2.24) is 14.5 Å². The number of benzene rings is 1. The van der Waals surface area contributed by atoms with E-state index in [0.29, 0.717) is 25.9 Å². The highest BCUT2D eigenvalue weighted by atomic mass is 35.5. The van der Waals surface area contributed by atoms with Gasteiger partial charge in [0, 0.05) is 40.2 Å². The highest BCUT2D eigenvalue weighted by Gasteiger charge is 2.21. The van der Waals surface area contributed by atoms with Gasteiger partial charge in [0.2, 0.25) is 15.9 Å². The molecular weight excluding hydrogens is 390 g/mol. The van der Waals surface area contributed by atoms with Crippen LogP contribution >= 0.6 is 11.6 Å². The lowest BCUT2D eigenvalue weighted by molar-refractivity contribution is -0.130. The maximum atomic E-state index is 12.4. The molecule has 0 saturated carbocycles. The molecule has 1 saturated heterocycles. The van der Waals surface area contributed by atoms with Gasteiger partial charge in [-0.05, 0) is 37.5 Å². The Bertz CT molecular complexity index is 796. The van der Waals surface area contributed by atoms with E-state index in [4.69, 9.17) is 11.6 Å². The van der Waals surface area contributed by atoms with Crippen LogP contribution in [0.3, 0.4) is 0 Å². The van der Waals surface area contributed by atoms with Crippen LogP contribution in [0.25, 0.3) is 0 Å². The minimum absolute atomic E-state index is 0.0113. The third kappa shape index (κ3) is 5.67. The number of hydrogen-bond acceptors (Lipinski definition) is 4. The van der Waals surface area contributed by atoms with Crippen molar-refractivity contribution in [2.75, 3.05) is 33.7 Å². The van der Waals surface area contributed by atoms with Crippen LogP contribution in [0.15, 0.2) is 23.1 Å². The molecule has 1 aliphatic rings. The number of sulfonamides is 1. The summed E-state index contributed by atoms with van der Waals surface area (Å²) in [7, 11) is -0.800. The number of likely N-dealkylation sites (tertiary alicyclic amines) is 1. The van der Waals surface area contributed by atoms with E-state index in [0.717, 1.165) is 30.1 Å². The number of nitrogens with zero attached hydrogens (tertiary/aromatic N) is 2.